The highest BCUT2D eigenvalue weighted by Gasteiger charge is 2.38. The van der Waals surface area contributed by atoms with Crippen LogP contribution in [0.2, 0.25) is 0 Å². The van der Waals surface area contributed by atoms with Gasteiger partial charge >= 0.3 is 0 Å². The summed E-state index contributed by atoms with van der Waals surface area (Å²) in [4.78, 5) is 0. The van der Waals surface area contributed by atoms with E-state index in [-0.39, 0.29) is 18.6 Å². The van der Waals surface area contributed by atoms with Gasteiger partial charge in [0.15, 0.2) is 0 Å². The number of hydrogen-bond acceptors (Lipinski definition) is 2. The summed E-state index contributed by atoms with van der Waals surface area (Å²) < 4.78 is 42.8. The van der Waals surface area contributed by atoms with Gasteiger partial charge in [0.05, 0.1) is 21.3 Å². The number of aliphatic hydroxyl groups is 1. The van der Waals surface area contributed by atoms with E-state index in [9.17, 15) is 18.1 Å². The highest BCUT2D eigenvalue weighted by Crippen LogP contribution is 2.32. The summed E-state index contributed by atoms with van der Waals surface area (Å²) in [5.41, 5.74) is -1.48. The number of nitrogens with one attached hydrogen (secondary N) is 1. The molecule has 1 aromatic rings. The Hall–Kier alpha value is -0.370. The van der Waals surface area contributed by atoms with E-state index in [4.69, 9.17) is 0 Å². The Morgan fingerprint density at radius 2 is 2.00 bits per heavy atom. The van der Waals surface area contributed by atoms with Crippen LogP contribution in [0.25, 0.3) is 0 Å². The number of alkyl halides is 1. The minimum atomic E-state index is -1.61. The molecule has 0 spiro atoms. The van der Waals surface area contributed by atoms with Crippen molar-refractivity contribution in [1.29, 1.82) is 0 Å². The average molecular weight is 384 g/mol. The first kappa shape index (κ1) is 18.7. The lowest BCUT2D eigenvalue weighted by Gasteiger charge is -2.34. The predicted molar refractivity (Wildman–Crippen MR) is 84.5 cm³/mol. The fraction of sp³-hybridized carbons (Fsp3) is 0.571. The smallest absolute Gasteiger partial charge is 0.128 e. The van der Waals surface area contributed by atoms with Crippen molar-refractivity contribution in [3.8, 4) is 0 Å². The molecule has 120 valence electrons. The second-order valence-corrected chi connectivity index (χ2v) is 8.68. The summed E-state index contributed by atoms with van der Waals surface area (Å²) in [6.07, 6.45) is -0.0846. The first-order valence-electron chi connectivity index (χ1n) is 6.48. The average Bonchev–Trinajstić information content (AvgIpc) is 2.39. The Morgan fingerprint density at radius 3 is 2.48 bits per heavy atom. The maximum atomic E-state index is 14.1. The van der Waals surface area contributed by atoms with Gasteiger partial charge in [-0.25, -0.2) is 17.7 Å². The van der Waals surface area contributed by atoms with E-state index in [2.05, 4.69) is 20.7 Å². The first-order chi connectivity index (χ1) is 9.66. The number of halogens is 3. The zero-order valence-electron chi connectivity index (χ0n) is 12.3. The van der Waals surface area contributed by atoms with Gasteiger partial charge in [-0.3, -0.25) is 0 Å². The summed E-state index contributed by atoms with van der Waals surface area (Å²) in [6.45, 7) is 3.85. The topological polar surface area (TPSA) is 49.3 Å². The molecule has 0 amide bonds. The largest absolute Gasteiger partial charge is 0.396 e. The van der Waals surface area contributed by atoms with Gasteiger partial charge in [0, 0.05) is 16.6 Å². The Morgan fingerprint density at radius 1 is 1.38 bits per heavy atom. The van der Waals surface area contributed by atoms with Crippen molar-refractivity contribution in [3.05, 3.63) is 34.1 Å². The molecule has 1 rings (SSSR count). The van der Waals surface area contributed by atoms with Gasteiger partial charge in [0.2, 0.25) is 0 Å². The normalized spacial score (nSPS) is 16.5. The van der Waals surface area contributed by atoms with Crippen LogP contribution in [0.4, 0.5) is 8.78 Å². The van der Waals surface area contributed by atoms with E-state index in [0.29, 0.717) is 4.47 Å². The van der Waals surface area contributed by atoms with Crippen LogP contribution in [-0.2, 0) is 16.5 Å². The number of hydrogen-bond donors (Lipinski definition) is 2. The lowest BCUT2D eigenvalue weighted by molar-refractivity contribution is 0.193. The highest BCUT2D eigenvalue weighted by molar-refractivity contribution is 9.10. The van der Waals surface area contributed by atoms with Crippen molar-refractivity contribution >= 4 is 26.9 Å². The third-order valence-electron chi connectivity index (χ3n) is 3.05. The summed E-state index contributed by atoms with van der Waals surface area (Å²) in [5.74, 6) is -0.609. The summed E-state index contributed by atoms with van der Waals surface area (Å²) >= 11 is 3.22. The Balaban J connectivity index is 3.32. The third-order valence-corrected chi connectivity index (χ3v) is 5.24. The molecular formula is C14H20BrF2NO2S. The van der Waals surface area contributed by atoms with Crippen molar-refractivity contribution in [2.45, 2.75) is 37.5 Å². The summed E-state index contributed by atoms with van der Waals surface area (Å²) in [7, 11) is -1.61. The molecule has 0 saturated heterocycles. The molecule has 3 nitrogen and oxygen atoms in total. The number of benzene rings is 1. The van der Waals surface area contributed by atoms with Crippen LogP contribution >= 0.6 is 15.9 Å². The van der Waals surface area contributed by atoms with Gasteiger partial charge in [-0.15, -0.1) is 0 Å². The van der Waals surface area contributed by atoms with E-state index < -0.39 is 33.8 Å². The molecule has 0 aliphatic heterocycles. The van der Waals surface area contributed by atoms with Crippen LogP contribution in [0.5, 0.6) is 0 Å². The number of rotatable bonds is 6. The Kier molecular flexibility index (Phi) is 6.46. The molecule has 0 aliphatic carbocycles. The lowest BCUT2D eigenvalue weighted by atomic mass is 9.89. The number of aliphatic hydroxyl groups excluding tert-OH is 1. The Bertz CT molecular complexity index is 522. The van der Waals surface area contributed by atoms with Crippen molar-refractivity contribution in [1.82, 2.24) is 4.72 Å². The first-order valence-corrected chi connectivity index (χ1v) is 8.42. The van der Waals surface area contributed by atoms with Gasteiger partial charge in [-0.2, -0.15) is 0 Å². The van der Waals surface area contributed by atoms with Crippen LogP contribution in [0.15, 0.2) is 22.7 Å². The second-order valence-electron chi connectivity index (χ2n) is 5.80. The highest BCUT2D eigenvalue weighted by atomic mass is 79.9. The van der Waals surface area contributed by atoms with E-state index in [1.54, 1.807) is 20.8 Å². The monoisotopic (exact) mass is 383 g/mol. The van der Waals surface area contributed by atoms with Gasteiger partial charge in [-0.1, -0.05) is 15.9 Å². The molecule has 0 aromatic heterocycles. The maximum absolute atomic E-state index is 14.1. The standard InChI is InChI=1S/C14H20BrF2NO2S/c1-13(2,3)21(20)18-14(9-16,6-7-19)11-8-10(15)4-5-12(11)17/h4-5,8,18-19H,6-7,9H2,1-3H3/t14-,21?/m1/s1. The molecule has 0 bridgehead atoms. The van der Waals surface area contributed by atoms with E-state index >= 15 is 0 Å². The van der Waals surface area contributed by atoms with Crippen molar-refractivity contribution in [3.63, 3.8) is 0 Å². The van der Waals surface area contributed by atoms with E-state index in [1.165, 1.54) is 18.2 Å². The molecule has 2 N–H and O–H groups in total. The van der Waals surface area contributed by atoms with Crippen LogP contribution in [0.1, 0.15) is 32.8 Å². The third kappa shape index (κ3) is 4.55. The zero-order valence-corrected chi connectivity index (χ0v) is 14.7. The molecule has 1 unspecified atom stereocenters. The fourth-order valence-corrected chi connectivity index (χ4v) is 3.08. The minimum Gasteiger partial charge on any atom is -0.396 e. The second kappa shape index (κ2) is 7.26. The maximum Gasteiger partial charge on any atom is 0.128 e. The molecular weight excluding hydrogens is 364 g/mol. The van der Waals surface area contributed by atoms with Crippen LogP contribution in [-0.4, -0.2) is 27.3 Å². The van der Waals surface area contributed by atoms with Crippen LogP contribution in [0, 0.1) is 5.82 Å². The molecule has 0 radical (unpaired) electrons. The van der Waals surface area contributed by atoms with Gasteiger partial charge in [0.25, 0.3) is 0 Å². The summed E-state index contributed by atoms with van der Waals surface area (Å²) in [6, 6.07) is 4.15. The van der Waals surface area contributed by atoms with Crippen molar-refractivity contribution < 1.29 is 18.1 Å². The van der Waals surface area contributed by atoms with E-state index in [0.717, 1.165) is 0 Å². The molecule has 2 atom stereocenters. The molecule has 21 heavy (non-hydrogen) atoms. The molecule has 0 heterocycles. The summed E-state index contributed by atoms with van der Waals surface area (Å²) in [5, 5.41) is 9.23. The van der Waals surface area contributed by atoms with Crippen molar-refractivity contribution in [2.75, 3.05) is 13.3 Å². The molecule has 0 aliphatic rings. The van der Waals surface area contributed by atoms with Crippen molar-refractivity contribution in [2.24, 2.45) is 0 Å². The molecule has 1 aromatic carbocycles. The van der Waals surface area contributed by atoms with Crippen LogP contribution < -0.4 is 4.72 Å². The Labute approximate surface area is 134 Å². The molecule has 0 saturated carbocycles. The van der Waals surface area contributed by atoms with Gasteiger partial charge < -0.3 is 5.11 Å². The molecule has 0 fully saturated rings. The van der Waals surface area contributed by atoms with Gasteiger partial charge in [-0.05, 0) is 45.4 Å². The lowest BCUT2D eigenvalue weighted by Crippen LogP contribution is -2.50. The van der Waals surface area contributed by atoms with E-state index in [1.807, 2.05) is 0 Å². The SMILES string of the molecule is CC(C)(C)S(=O)N[C@@](CF)(CCO)c1cc(Br)ccc1F. The predicted octanol–water partition coefficient (Wildman–Crippen LogP) is 3.19. The quantitative estimate of drug-likeness (QED) is 0.792. The molecule has 7 heteroatoms. The fourth-order valence-electron chi connectivity index (χ4n) is 1.79. The zero-order chi connectivity index (χ0) is 16.3. The van der Waals surface area contributed by atoms with Crippen LogP contribution in [0.3, 0.4) is 0 Å². The van der Waals surface area contributed by atoms with Gasteiger partial charge in [0.1, 0.15) is 12.5 Å². The minimum absolute atomic E-state index is 0.0472.